The number of aromatic nitrogens is 3. The van der Waals surface area contributed by atoms with Crippen molar-refractivity contribution in [2.75, 3.05) is 5.73 Å². The van der Waals surface area contributed by atoms with Crippen LogP contribution in [-0.4, -0.2) is 20.7 Å². The molecule has 1 aromatic heterocycles. The molecule has 0 radical (unpaired) electrons. The number of nitrogens with zero attached hydrogens (tertiary/aromatic N) is 2. The van der Waals surface area contributed by atoms with Crippen LogP contribution in [0.2, 0.25) is 0 Å². The van der Waals surface area contributed by atoms with Gasteiger partial charge in [-0.15, -0.1) is 29.9 Å². The first-order valence-electron chi connectivity index (χ1n) is 2.63. The smallest absolute Gasteiger partial charge is 0.239 e. The Bertz CT molecular complexity index is 203. The lowest BCUT2D eigenvalue weighted by Gasteiger charge is -1.94. The lowest BCUT2D eigenvalue weighted by atomic mass is 10.3. The third kappa shape index (κ3) is 4.35. The first-order valence-corrected chi connectivity index (χ1v) is 2.63. The van der Waals surface area contributed by atoms with Crippen LogP contribution in [0.1, 0.15) is 18.8 Å². The highest BCUT2D eigenvalue weighted by atomic mass is 35.5. The van der Waals surface area contributed by atoms with Gasteiger partial charge in [0.1, 0.15) is 5.82 Å². The highest BCUT2D eigenvalue weighted by Gasteiger charge is 2.02. The summed E-state index contributed by atoms with van der Waals surface area (Å²) in [5.41, 5.74) is 10.6. The van der Waals surface area contributed by atoms with Gasteiger partial charge < -0.3 is 16.9 Å². The summed E-state index contributed by atoms with van der Waals surface area (Å²) in [6.07, 6.45) is 0. The number of nitrogens with two attached hydrogens (primary N) is 2. The maximum atomic E-state index is 5.44. The van der Waals surface area contributed by atoms with E-state index >= 15 is 0 Å². The Labute approximate surface area is 82.2 Å². The van der Waals surface area contributed by atoms with E-state index < -0.39 is 0 Å². The minimum Gasteiger partial charge on any atom is -0.412 e. The molecule has 0 fully saturated rings. The highest BCUT2D eigenvalue weighted by molar-refractivity contribution is 5.85. The van der Waals surface area contributed by atoms with Crippen LogP contribution >= 0.6 is 24.8 Å². The number of hydrogen-bond acceptors (Lipinski definition) is 4. The van der Waals surface area contributed by atoms with E-state index in [2.05, 4.69) is 15.2 Å². The zero-order valence-corrected chi connectivity index (χ0v) is 8.08. The van der Waals surface area contributed by atoms with Crippen molar-refractivity contribution in [3.8, 4) is 0 Å². The average Bonchev–Trinajstić information content (AvgIpc) is 2.14. The maximum absolute atomic E-state index is 5.44. The van der Waals surface area contributed by atoms with Crippen LogP contribution in [0.5, 0.6) is 0 Å². The second kappa shape index (κ2) is 7.11. The minimum atomic E-state index is -0.130. The lowest BCUT2D eigenvalue weighted by Crippen LogP contribution is -2.06. The molecule has 1 heterocycles. The van der Waals surface area contributed by atoms with Crippen molar-refractivity contribution in [3.05, 3.63) is 5.82 Å². The van der Waals surface area contributed by atoms with Gasteiger partial charge in [0.25, 0.3) is 0 Å². The van der Waals surface area contributed by atoms with Crippen LogP contribution < -0.4 is 11.5 Å². The summed E-state index contributed by atoms with van der Waals surface area (Å²) >= 11 is 0. The number of nitrogens with one attached hydrogen (secondary N) is 1. The molecular formula is C4H13Cl2N5O. The molecule has 0 aliphatic rings. The van der Waals surface area contributed by atoms with E-state index in [1.165, 1.54) is 0 Å². The SMILES string of the molecule is CC(N)c1nc(N)n[nH]1.Cl.Cl.O. The summed E-state index contributed by atoms with van der Waals surface area (Å²) in [7, 11) is 0. The van der Waals surface area contributed by atoms with Crippen LogP contribution in [0.15, 0.2) is 0 Å². The van der Waals surface area contributed by atoms with Crippen LogP contribution in [-0.2, 0) is 0 Å². The van der Waals surface area contributed by atoms with Gasteiger partial charge in [-0.25, -0.2) is 0 Å². The Morgan fingerprint density at radius 3 is 2.08 bits per heavy atom. The first-order chi connectivity index (χ1) is 4.20. The Hall–Kier alpha value is -0.560. The summed E-state index contributed by atoms with van der Waals surface area (Å²) < 4.78 is 0. The van der Waals surface area contributed by atoms with E-state index in [1.807, 2.05) is 0 Å². The summed E-state index contributed by atoms with van der Waals surface area (Å²) in [4.78, 5) is 3.80. The molecule has 0 aliphatic carbocycles. The van der Waals surface area contributed by atoms with Gasteiger partial charge in [0.15, 0.2) is 0 Å². The molecule has 0 aliphatic heterocycles. The van der Waals surface area contributed by atoms with Crippen molar-refractivity contribution in [3.63, 3.8) is 0 Å². The third-order valence-corrected chi connectivity index (χ3v) is 0.951. The predicted molar refractivity (Wildman–Crippen MR) is 51.5 cm³/mol. The highest BCUT2D eigenvalue weighted by Crippen LogP contribution is 2.01. The van der Waals surface area contributed by atoms with E-state index in [-0.39, 0.29) is 42.3 Å². The Morgan fingerprint density at radius 1 is 1.42 bits per heavy atom. The van der Waals surface area contributed by atoms with Gasteiger partial charge in [-0.3, -0.25) is 5.10 Å². The topological polar surface area (TPSA) is 125 Å². The maximum Gasteiger partial charge on any atom is 0.239 e. The molecule has 0 amide bonds. The van der Waals surface area contributed by atoms with E-state index in [0.717, 1.165) is 0 Å². The lowest BCUT2D eigenvalue weighted by molar-refractivity contribution is 0.745. The summed E-state index contributed by atoms with van der Waals surface area (Å²) in [6.45, 7) is 1.81. The molecule has 1 atom stereocenters. The van der Waals surface area contributed by atoms with Gasteiger partial charge in [-0.05, 0) is 6.92 Å². The monoisotopic (exact) mass is 217 g/mol. The van der Waals surface area contributed by atoms with Gasteiger partial charge in [0.2, 0.25) is 5.95 Å². The quantitative estimate of drug-likeness (QED) is 0.583. The number of nitrogen functional groups attached to an aromatic ring is 1. The van der Waals surface area contributed by atoms with Crippen LogP contribution in [0.25, 0.3) is 0 Å². The predicted octanol–water partition coefficient (Wildman–Crippen LogP) is -0.574. The molecule has 6 nitrogen and oxygen atoms in total. The molecule has 8 heteroatoms. The van der Waals surface area contributed by atoms with Crippen LogP contribution in [0, 0.1) is 0 Å². The number of halogens is 2. The Morgan fingerprint density at radius 2 is 1.92 bits per heavy atom. The van der Waals surface area contributed by atoms with Gasteiger partial charge in [0, 0.05) is 0 Å². The normalized spacial score (nSPS) is 10.2. The molecular weight excluding hydrogens is 205 g/mol. The molecule has 0 bridgehead atoms. The van der Waals surface area contributed by atoms with Gasteiger partial charge in [0.05, 0.1) is 6.04 Å². The second-order valence-corrected chi connectivity index (χ2v) is 1.87. The molecule has 0 saturated heterocycles. The van der Waals surface area contributed by atoms with Crippen molar-refractivity contribution in [1.82, 2.24) is 15.2 Å². The van der Waals surface area contributed by atoms with E-state index in [4.69, 9.17) is 11.5 Å². The fourth-order valence-electron chi connectivity index (χ4n) is 0.492. The Kier molecular flexibility index (Phi) is 10.4. The van der Waals surface area contributed by atoms with Crippen LogP contribution in [0.4, 0.5) is 5.95 Å². The largest absolute Gasteiger partial charge is 0.412 e. The molecule has 7 N–H and O–H groups in total. The average molecular weight is 218 g/mol. The molecule has 12 heavy (non-hydrogen) atoms. The number of hydrogen-bond donors (Lipinski definition) is 3. The number of aromatic amines is 1. The van der Waals surface area contributed by atoms with Crippen molar-refractivity contribution in [2.24, 2.45) is 5.73 Å². The van der Waals surface area contributed by atoms with E-state index in [1.54, 1.807) is 6.92 Å². The molecule has 1 aromatic rings. The molecule has 74 valence electrons. The summed E-state index contributed by atoms with van der Waals surface area (Å²) in [5.74, 6) is 0.856. The number of anilines is 1. The van der Waals surface area contributed by atoms with Gasteiger partial charge in [-0.1, -0.05) is 0 Å². The van der Waals surface area contributed by atoms with Crippen molar-refractivity contribution in [2.45, 2.75) is 13.0 Å². The summed E-state index contributed by atoms with van der Waals surface area (Å²) in [6, 6.07) is -0.130. The number of H-pyrrole nitrogens is 1. The molecule has 0 aromatic carbocycles. The molecule has 0 saturated carbocycles. The molecule has 1 unspecified atom stereocenters. The third-order valence-electron chi connectivity index (χ3n) is 0.951. The Balaban J connectivity index is -0.000000270. The van der Waals surface area contributed by atoms with Gasteiger partial charge in [-0.2, -0.15) is 4.98 Å². The molecule has 0 spiro atoms. The van der Waals surface area contributed by atoms with Crippen molar-refractivity contribution >= 4 is 30.8 Å². The first kappa shape index (κ1) is 17.5. The summed E-state index contributed by atoms with van der Waals surface area (Å²) in [5, 5.41) is 6.19. The fourth-order valence-corrected chi connectivity index (χ4v) is 0.492. The second-order valence-electron chi connectivity index (χ2n) is 1.87. The van der Waals surface area contributed by atoms with Crippen LogP contribution in [0.3, 0.4) is 0 Å². The zero-order valence-electron chi connectivity index (χ0n) is 6.44. The number of rotatable bonds is 1. The molecule has 1 rings (SSSR count). The van der Waals surface area contributed by atoms with Crippen molar-refractivity contribution < 1.29 is 5.48 Å². The van der Waals surface area contributed by atoms with Gasteiger partial charge >= 0.3 is 0 Å². The van der Waals surface area contributed by atoms with Crippen molar-refractivity contribution in [1.29, 1.82) is 0 Å². The fraction of sp³-hybridized carbons (Fsp3) is 0.500. The van der Waals surface area contributed by atoms with E-state index in [0.29, 0.717) is 5.82 Å². The zero-order chi connectivity index (χ0) is 6.85. The minimum absolute atomic E-state index is 0. The standard InChI is InChI=1S/C4H9N5.2ClH.H2O/c1-2(5)3-7-4(6)9-8-3;;;/h2H,5H2,1H3,(H3,6,7,8,9);2*1H;1H2. The van der Waals surface area contributed by atoms with E-state index in [9.17, 15) is 0 Å².